The Balaban J connectivity index is 1.44. The average molecular weight is 412 g/mol. The highest BCUT2D eigenvalue weighted by Crippen LogP contribution is 2.25. The maximum absolute atomic E-state index is 12.6. The van der Waals surface area contributed by atoms with E-state index in [1.54, 1.807) is 18.5 Å². The minimum Gasteiger partial charge on any atom is -0.461 e. The van der Waals surface area contributed by atoms with Gasteiger partial charge in [-0.2, -0.15) is 0 Å². The van der Waals surface area contributed by atoms with Crippen molar-refractivity contribution in [2.24, 2.45) is 7.05 Å². The van der Waals surface area contributed by atoms with Gasteiger partial charge in [0.05, 0.1) is 12.0 Å². The van der Waals surface area contributed by atoms with Crippen LogP contribution in [0.15, 0.2) is 69.9 Å². The van der Waals surface area contributed by atoms with Crippen molar-refractivity contribution in [3.63, 3.8) is 0 Å². The third kappa shape index (κ3) is 4.00. The summed E-state index contributed by atoms with van der Waals surface area (Å²) in [5.41, 5.74) is 0.995. The highest BCUT2D eigenvalue weighted by molar-refractivity contribution is 7.99. The first-order chi connectivity index (χ1) is 13.7. The number of hydrogen-bond donors (Lipinski definition) is 1. The molecule has 9 heteroatoms. The fourth-order valence-electron chi connectivity index (χ4n) is 2.70. The summed E-state index contributed by atoms with van der Waals surface area (Å²) in [6.07, 6.45) is 3.33. The molecular formula is C19H17N5O2S2. The second-order valence-corrected chi connectivity index (χ2v) is 7.78. The largest absolute Gasteiger partial charge is 0.461 e. The summed E-state index contributed by atoms with van der Waals surface area (Å²) in [7, 11) is 1.85. The van der Waals surface area contributed by atoms with Gasteiger partial charge in [0.2, 0.25) is 5.91 Å². The van der Waals surface area contributed by atoms with Crippen molar-refractivity contribution in [2.75, 3.05) is 5.75 Å². The summed E-state index contributed by atoms with van der Waals surface area (Å²) in [4.78, 5) is 17.0. The zero-order valence-corrected chi connectivity index (χ0v) is 16.6. The summed E-state index contributed by atoms with van der Waals surface area (Å²) in [6.45, 7) is 0. The molecule has 0 spiro atoms. The second kappa shape index (κ2) is 8.41. The van der Waals surface area contributed by atoms with Gasteiger partial charge >= 0.3 is 0 Å². The van der Waals surface area contributed by atoms with Crippen LogP contribution in [-0.4, -0.2) is 31.4 Å². The number of furan rings is 1. The lowest BCUT2D eigenvalue weighted by Crippen LogP contribution is -2.30. The molecule has 4 rings (SSSR count). The Morgan fingerprint density at radius 1 is 1.25 bits per heavy atom. The quantitative estimate of drug-likeness (QED) is 0.468. The summed E-state index contributed by atoms with van der Waals surface area (Å²) >= 11 is 2.84. The average Bonchev–Trinajstić information content (AvgIpc) is 3.47. The van der Waals surface area contributed by atoms with Gasteiger partial charge in [0.15, 0.2) is 16.7 Å². The number of thioether (sulfide) groups is 1. The number of carbonyl (C=O) groups is 1. The van der Waals surface area contributed by atoms with Crippen LogP contribution in [-0.2, 0) is 11.8 Å². The van der Waals surface area contributed by atoms with Gasteiger partial charge in [0.25, 0.3) is 0 Å². The number of thiazole rings is 1. The number of hydrogen-bond acceptors (Lipinski definition) is 7. The zero-order valence-electron chi connectivity index (χ0n) is 15.0. The Labute approximate surface area is 169 Å². The summed E-state index contributed by atoms with van der Waals surface area (Å²) in [5.74, 6) is 1.38. The van der Waals surface area contributed by atoms with Gasteiger partial charge in [-0.05, 0) is 17.7 Å². The van der Waals surface area contributed by atoms with Gasteiger partial charge in [-0.25, -0.2) is 4.98 Å². The molecule has 0 saturated carbocycles. The van der Waals surface area contributed by atoms with Crippen molar-refractivity contribution in [2.45, 2.75) is 11.2 Å². The molecule has 3 aromatic heterocycles. The second-order valence-electron chi connectivity index (χ2n) is 5.91. The predicted octanol–water partition coefficient (Wildman–Crippen LogP) is 3.53. The fraction of sp³-hybridized carbons (Fsp3) is 0.158. The van der Waals surface area contributed by atoms with Crippen molar-refractivity contribution < 1.29 is 9.21 Å². The van der Waals surface area contributed by atoms with Gasteiger partial charge in [-0.15, -0.1) is 21.5 Å². The summed E-state index contributed by atoms with van der Waals surface area (Å²) in [6, 6.07) is 13.2. The smallest absolute Gasteiger partial charge is 0.231 e. The molecule has 0 bridgehead atoms. The van der Waals surface area contributed by atoms with Gasteiger partial charge in [-0.1, -0.05) is 42.1 Å². The van der Waals surface area contributed by atoms with Crippen LogP contribution in [0.4, 0.5) is 0 Å². The Bertz CT molecular complexity index is 1030. The lowest BCUT2D eigenvalue weighted by Gasteiger charge is -2.17. The van der Waals surface area contributed by atoms with Crippen LogP contribution < -0.4 is 5.32 Å². The Kier molecular flexibility index (Phi) is 5.54. The van der Waals surface area contributed by atoms with Crippen molar-refractivity contribution >= 4 is 29.0 Å². The van der Waals surface area contributed by atoms with E-state index in [1.165, 1.54) is 23.1 Å². The minimum absolute atomic E-state index is 0.100. The first-order valence-corrected chi connectivity index (χ1v) is 10.4. The lowest BCUT2D eigenvalue weighted by atomic mass is 10.1. The number of benzene rings is 1. The molecule has 0 saturated heterocycles. The molecule has 1 atom stereocenters. The topological polar surface area (TPSA) is 85.8 Å². The molecule has 0 radical (unpaired) electrons. The van der Waals surface area contributed by atoms with Crippen molar-refractivity contribution in [3.8, 4) is 11.6 Å². The van der Waals surface area contributed by atoms with Crippen LogP contribution in [0.5, 0.6) is 0 Å². The molecule has 1 aromatic carbocycles. The lowest BCUT2D eigenvalue weighted by molar-refractivity contribution is -0.119. The highest BCUT2D eigenvalue weighted by atomic mass is 32.2. The van der Waals surface area contributed by atoms with Crippen LogP contribution >= 0.6 is 23.1 Å². The SMILES string of the molecule is Cn1c(SCC(=O)NC(c2ccccc2)c2nccs2)nnc1-c1ccco1. The summed E-state index contributed by atoms with van der Waals surface area (Å²) < 4.78 is 7.18. The number of amides is 1. The van der Waals surface area contributed by atoms with Crippen LogP contribution in [0.25, 0.3) is 11.6 Å². The van der Waals surface area contributed by atoms with Gasteiger partial charge < -0.3 is 14.3 Å². The van der Waals surface area contributed by atoms with Crippen LogP contribution in [0.3, 0.4) is 0 Å². The minimum atomic E-state index is -0.271. The fourth-order valence-corrected chi connectivity index (χ4v) is 4.14. The van der Waals surface area contributed by atoms with E-state index in [4.69, 9.17) is 4.42 Å². The summed E-state index contributed by atoms with van der Waals surface area (Å²) in [5, 5.41) is 14.8. The molecule has 3 heterocycles. The van der Waals surface area contributed by atoms with E-state index in [9.17, 15) is 4.79 Å². The Morgan fingerprint density at radius 3 is 2.82 bits per heavy atom. The highest BCUT2D eigenvalue weighted by Gasteiger charge is 2.20. The molecule has 28 heavy (non-hydrogen) atoms. The monoisotopic (exact) mass is 411 g/mol. The normalized spacial score (nSPS) is 12.0. The van der Waals surface area contributed by atoms with E-state index in [-0.39, 0.29) is 17.7 Å². The van der Waals surface area contributed by atoms with E-state index in [0.717, 1.165) is 10.6 Å². The molecule has 1 N–H and O–H groups in total. The molecule has 7 nitrogen and oxygen atoms in total. The van der Waals surface area contributed by atoms with Gasteiger partial charge in [0.1, 0.15) is 11.0 Å². The van der Waals surface area contributed by atoms with Crippen LogP contribution in [0.1, 0.15) is 16.6 Å². The number of rotatable bonds is 7. The Morgan fingerprint density at radius 2 is 2.11 bits per heavy atom. The molecule has 0 aliphatic rings. The van der Waals surface area contributed by atoms with E-state index < -0.39 is 0 Å². The maximum Gasteiger partial charge on any atom is 0.231 e. The number of carbonyl (C=O) groups excluding carboxylic acids is 1. The van der Waals surface area contributed by atoms with Gasteiger partial charge in [0, 0.05) is 18.6 Å². The van der Waals surface area contributed by atoms with Crippen LogP contribution in [0.2, 0.25) is 0 Å². The standard InChI is InChI=1S/C19H17N5O2S2/c1-24-17(14-8-5-10-26-14)22-23-19(24)28-12-15(25)21-16(18-20-9-11-27-18)13-6-3-2-4-7-13/h2-11,16H,12H2,1H3,(H,21,25). The molecule has 1 unspecified atom stereocenters. The Hall–Kier alpha value is -2.91. The molecule has 0 aliphatic carbocycles. The molecule has 4 aromatic rings. The molecule has 0 aliphatic heterocycles. The number of aromatic nitrogens is 4. The molecular weight excluding hydrogens is 394 g/mol. The van der Waals surface area contributed by atoms with E-state index in [0.29, 0.717) is 16.7 Å². The van der Waals surface area contributed by atoms with E-state index >= 15 is 0 Å². The molecule has 142 valence electrons. The first-order valence-electron chi connectivity index (χ1n) is 8.52. The van der Waals surface area contributed by atoms with E-state index in [1.807, 2.05) is 53.4 Å². The third-order valence-corrected chi connectivity index (χ3v) is 5.91. The predicted molar refractivity (Wildman–Crippen MR) is 108 cm³/mol. The van der Waals surface area contributed by atoms with Crippen molar-refractivity contribution in [1.29, 1.82) is 0 Å². The molecule has 1 amide bonds. The first kappa shape index (κ1) is 18.5. The third-order valence-electron chi connectivity index (χ3n) is 4.05. The van der Waals surface area contributed by atoms with Crippen molar-refractivity contribution in [1.82, 2.24) is 25.1 Å². The maximum atomic E-state index is 12.6. The van der Waals surface area contributed by atoms with Crippen LogP contribution in [0, 0.1) is 0 Å². The van der Waals surface area contributed by atoms with Crippen molar-refractivity contribution in [3.05, 3.63) is 70.9 Å². The zero-order chi connectivity index (χ0) is 19.3. The van der Waals surface area contributed by atoms with Gasteiger partial charge in [-0.3, -0.25) is 4.79 Å². The van der Waals surface area contributed by atoms with E-state index in [2.05, 4.69) is 20.5 Å². The molecule has 0 fully saturated rings. The number of nitrogens with one attached hydrogen (secondary N) is 1. The number of nitrogens with zero attached hydrogens (tertiary/aromatic N) is 4.